The fourth-order valence-corrected chi connectivity index (χ4v) is 2.47. The van der Waals surface area contributed by atoms with Crippen LogP contribution in [0.25, 0.3) is 11.0 Å². The SMILES string of the molecule is COCCCC(N)c1nc2cc(F)ccc2n1C(C)C. The minimum atomic E-state index is -0.273. The maximum atomic E-state index is 13.3. The van der Waals surface area contributed by atoms with Gasteiger partial charge in [-0.25, -0.2) is 9.37 Å². The molecule has 1 heterocycles. The monoisotopic (exact) mass is 279 g/mol. The van der Waals surface area contributed by atoms with Crippen molar-refractivity contribution >= 4 is 11.0 Å². The number of methoxy groups -OCH3 is 1. The van der Waals surface area contributed by atoms with E-state index in [2.05, 4.69) is 23.4 Å². The zero-order valence-corrected chi connectivity index (χ0v) is 12.3. The molecule has 1 aromatic heterocycles. The molecule has 0 saturated carbocycles. The Morgan fingerprint density at radius 3 is 2.80 bits per heavy atom. The van der Waals surface area contributed by atoms with Crippen LogP contribution in [0.2, 0.25) is 0 Å². The van der Waals surface area contributed by atoms with Gasteiger partial charge in [-0.1, -0.05) is 0 Å². The molecule has 0 aliphatic heterocycles. The van der Waals surface area contributed by atoms with Gasteiger partial charge in [0.15, 0.2) is 0 Å². The van der Waals surface area contributed by atoms with Gasteiger partial charge < -0.3 is 15.0 Å². The van der Waals surface area contributed by atoms with Gasteiger partial charge in [-0.3, -0.25) is 0 Å². The van der Waals surface area contributed by atoms with E-state index in [-0.39, 0.29) is 17.9 Å². The number of rotatable bonds is 6. The molecule has 0 bridgehead atoms. The molecule has 0 saturated heterocycles. The van der Waals surface area contributed by atoms with Gasteiger partial charge in [0.2, 0.25) is 0 Å². The first-order valence-electron chi connectivity index (χ1n) is 6.96. The van der Waals surface area contributed by atoms with E-state index in [1.165, 1.54) is 12.1 Å². The molecule has 0 aliphatic rings. The Hall–Kier alpha value is -1.46. The van der Waals surface area contributed by atoms with Gasteiger partial charge in [-0.2, -0.15) is 0 Å². The number of nitrogens with zero attached hydrogens (tertiary/aromatic N) is 2. The smallest absolute Gasteiger partial charge is 0.127 e. The predicted molar refractivity (Wildman–Crippen MR) is 78.1 cm³/mol. The topological polar surface area (TPSA) is 53.1 Å². The lowest BCUT2D eigenvalue weighted by molar-refractivity contribution is 0.190. The number of imidazole rings is 1. The van der Waals surface area contributed by atoms with Crippen molar-refractivity contribution in [1.82, 2.24) is 9.55 Å². The highest BCUT2D eigenvalue weighted by Crippen LogP contribution is 2.26. The van der Waals surface area contributed by atoms with Crippen molar-refractivity contribution in [2.75, 3.05) is 13.7 Å². The molecule has 1 aromatic carbocycles. The predicted octanol–water partition coefficient (Wildman–Crippen LogP) is 3.18. The molecule has 5 heteroatoms. The molecule has 0 radical (unpaired) electrons. The summed E-state index contributed by atoms with van der Waals surface area (Å²) in [6.07, 6.45) is 1.68. The zero-order chi connectivity index (χ0) is 14.7. The average Bonchev–Trinajstić information content (AvgIpc) is 2.77. The number of aromatic nitrogens is 2. The first-order chi connectivity index (χ1) is 9.54. The van der Waals surface area contributed by atoms with Crippen LogP contribution in [0.4, 0.5) is 4.39 Å². The number of nitrogens with two attached hydrogens (primary N) is 1. The third kappa shape index (κ3) is 2.99. The van der Waals surface area contributed by atoms with Crippen LogP contribution >= 0.6 is 0 Å². The molecule has 2 rings (SSSR count). The van der Waals surface area contributed by atoms with E-state index in [1.807, 2.05) is 0 Å². The highest BCUT2D eigenvalue weighted by Gasteiger charge is 2.18. The van der Waals surface area contributed by atoms with Crippen LogP contribution in [0, 0.1) is 5.82 Å². The quantitative estimate of drug-likeness (QED) is 0.826. The molecule has 1 atom stereocenters. The summed E-state index contributed by atoms with van der Waals surface area (Å²) in [6, 6.07) is 4.75. The van der Waals surface area contributed by atoms with Gasteiger partial charge in [0, 0.05) is 25.8 Å². The first kappa shape index (κ1) is 14.9. The second-order valence-electron chi connectivity index (χ2n) is 5.31. The highest BCUT2D eigenvalue weighted by molar-refractivity contribution is 5.76. The van der Waals surface area contributed by atoms with Gasteiger partial charge in [-0.05, 0) is 38.8 Å². The maximum Gasteiger partial charge on any atom is 0.127 e. The van der Waals surface area contributed by atoms with E-state index in [1.54, 1.807) is 13.2 Å². The Bertz CT molecular complexity index is 580. The molecular weight excluding hydrogens is 257 g/mol. The van der Waals surface area contributed by atoms with E-state index >= 15 is 0 Å². The van der Waals surface area contributed by atoms with Crippen LogP contribution < -0.4 is 5.73 Å². The number of benzene rings is 1. The Morgan fingerprint density at radius 2 is 2.15 bits per heavy atom. The normalized spacial score (nSPS) is 13.3. The Labute approximate surface area is 118 Å². The van der Waals surface area contributed by atoms with Crippen molar-refractivity contribution in [2.45, 2.75) is 38.8 Å². The van der Waals surface area contributed by atoms with Crippen molar-refractivity contribution < 1.29 is 9.13 Å². The number of ether oxygens (including phenoxy) is 1. The van der Waals surface area contributed by atoms with Gasteiger partial charge in [0.25, 0.3) is 0 Å². The molecule has 20 heavy (non-hydrogen) atoms. The molecule has 4 nitrogen and oxygen atoms in total. The summed E-state index contributed by atoms with van der Waals surface area (Å²) in [7, 11) is 1.68. The molecule has 0 spiro atoms. The van der Waals surface area contributed by atoms with Gasteiger partial charge >= 0.3 is 0 Å². The lowest BCUT2D eigenvalue weighted by atomic mass is 10.1. The maximum absolute atomic E-state index is 13.3. The summed E-state index contributed by atoms with van der Waals surface area (Å²) in [5, 5.41) is 0. The third-order valence-corrected chi connectivity index (χ3v) is 3.39. The molecule has 0 aliphatic carbocycles. The van der Waals surface area contributed by atoms with Crippen LogP contribution in [-0.2, 0) is 4.74 Å². The van der Waals surface area contributed by atoms with Crippen molar-refractivity contribution in [2.24, 2.45) is 5.73 Å². The average molecular weight is 279 g/mol. The minimum absolute atomic E-state index is 0.164. The Balaban J connectivity index is 2.38. The number of hydrogen-bond donors (Lipinski definition) is 1. The molecule has 0 fully saturated rings. The molecule has 2 aromatic rings. The standard InChI is InChI=1S/C15H22FN3O/c1-10(2)19-14-7-6-11(16)9-13(14)18-15(19)12(17)5-4-8-20-3/h6-7,9-10,12H,4-5,8,17H2,1-3H3. The van der Waals surface area contributed by atoms with Crippen LogP contribution in [0.15, 0.2) is 18.2 Å². The Kier molecular flexibility index (Phi) is 4.73. The number of halogens is 1. The van der Waals surface area contributed by atoms with Gasteiger partial charge in [0.1, 0.15) is 11.6 Å². The van der Waals surface area contributed by atoms with Gasteiger partial charge in [-0.15, -0.1) is 0 Å². The molecule has 110 valence electrons. The fourth-order valence-electron chi connectivity index (χ4n) is 2.47. The minimum Gasteiger partial charge on any atom is -0.385 e. The number of hydrogen-bond acceptors (Lipinski definition) is 3. The van der Waals surface area contributed by atoms with Crippen molar-refractivity contribution in [1.29, 1.82) is 0 Å². The van der Waals surface area contributed by atoms with Crippen LogP contribution in [0.5, 0.6) is 0 Å². The largest absolute Gasteiger partial charge is 0.385 e. The van der Waals surface area contributed by atoms with Crippen molar-refractivity contribution in [3.8, 4) is 0 Å². The second kappa shape index (κ2) is 6.33. The van der Waals surface area contributed by atoms with Crippen LogP contribution in [-0.4, -0.2) is 23.3 Å². The van der Waals surface area contributed by atoms with Crippen LogP contribution in [0.3, 0.4) is 0 Å². The summed E-state index contributed by atoms with van der Waals surface area (Å²) in [4.78, 5) is 4.53. The molecular formula is C15H22FN3O. The Morgan fingerprint density at radius 1 is 1.40 bits per heavy atom. The lowest BCUT2D eigenvalue weighted by Crippen LogP contribution is -2.18. The van der Waals surface area contributed by atoms with E-state index in [0.717, 1.165) is 24.2 Å². The second-order valence-corrected chi connectivity index (χ2v) is 5.31. The zero-order valence-electron chi connectivity index (χ0n) is 12.3. The fraction of sp³-hybridized carbons (Fsp3) is 0.533. The van der Waals surface area contributed by atoms with E-state index in [0.29, 0.717) is 12.1 Å². The number of fused-ring (bicyclic) bond motifs is 1. The molecule has 0 amide bonds. The third-order valence-electron chi connectivity index (χ3n) is 3.39. The van der Waals surface area contributed by atoms with E-state index in [4.69, 9.17) is 10.5 Å². The highest BCUT2D eigenvalue weighted by atomic mass is 19.1. The van der Waals surface area contributed by atoms with Crippen molar-refractivity contribution in [3.05, 3.63) is 29.8 Å². The summed E-state index contributed by atoms with van der Waals surface area (Å²) < 4.78 is 20.5. The van der Waals surface area contributed by atoms with Crippen molar-refractivity contribution in [3.63, 3.8) is 0 Å². The summed E-state index contributed by atoms with van der Waals surface area (Å²) >= 11 is 0. The first-order valence-corrected chi connectivity index (χ1v) is 6.96. The van der Waals surface area contributed by atoms with Gasteiger partial charge in [0.05, 0.1) is 17.1 Å². The summed E-state index contributed by atoms with van der Waals surface area (Å²) in [5.41, 5.74) is 7.84. The van der Waals surface area contributed by atoms with E-state index in [9.17, 15) is 4.39 Å². The lowest BCUT2D eigenvalue weighted by Gasteiger charge is -2.17. The summed E-state index contributed by atoms with van der Waals surface area (Å²) in [6.45, 7) is 4.84. The summed E-state index contributed by atoms with van der Waals surface area (Å²) in [5.74, 6) is 0.544. The molecule has 1 unspecified atom stereocenters. The van der Waals surface area contributed by atoms with E-state index < -0.39 is 0 Å². The van der Waals surface area contributed by atoms with Crippen LogP contribution in [0.1, 0.15) is 44.6 Å². The molecule has 2 N–H and O–H groups in total.